The molecule has 118 valence electrons. The van der Waals surface area contributed by atoms with Crippen molar-refractivity contribution in [1.29, 1.82) is 0 Å². The van der Waals surface area contributed by atoms with Crippen LogP contribution in [0.25, 0.3) is 28.3 Å². The number of carbonyl (C=O) groups excluding carboxylic acids is 1. The number of hydrogen-bond donors (Lipinski definition) is 2. The van der Waals surface area contributed by atoms with Crippen LogP contribution in [0.1, 0.15) is 5.56 Å². The molecule has 0 saturated carbocycles. The fourth-order valence-corrected chi connectivity index (χ4v) is 2.55. The Bertz CT molecular complexity index is 902. The van der Waals surface area contributed by atoms with Crippen molar-refractivity contribution in [3.63, 3.8) is 0 Å². The van der Waals surface area contributed by atoms with Gasteiger partial charge in [0.05, 0.1) is 0 Å². The number of carbonyl (C=O) groups is 1. The summed E-state index contributed by atoms with van der Waals surface area (Å²) in [6.07, 6.45) is 6.62. The predicted octanol–water partition coefficient (Wildman–Crippen LogP) is 3.50. The second kappa shape index (κ2) is 6.79. The van der Waals surface area contributed by atoms with Gasteiger partial charge in [0.25, 0.3) is 0 Å². The normalized spacial score (nSPS) is 10.8. The first-order valence-electron chi connectivity index (χ1n) is 7.51. The van der Waals surface area contributed by atoms with Crippen molar-refractivity contribution in [2.75, 3.05) is 5.73 Å². The molecule has 0 radical (unpaired) electrons. The lowest BCUT2D eigenvalue weighted by atomic mass is 9.95. The Morgan fingerprint density at radius 3 is 2.50 bits per heavy atom. The molecular formula is C20H17N3O. The van der Waals surface area contributed by atoms with Crippen molar-refractivity contribution < 1.29 is 4.79 Å². The molecule has 3 aromatic rings. The molecule has 0 bridgehead atoms. The molecule has 4 N–H and O–H groups in total. The van der Waals surface area contributed by atoms with Gasteiger partial charge in [0.1, 0.15) is 0 Å². The van der Waals surface area contributed by atoms with Crippen LogP contribution in [-0.4, -0.2) is 10.9 Å². The minimum Gasteiger partial charge on any atom is -0.399 e. The summed E-state index contributed by atoms with van der Waals surface area (Å²) >= 11 is 0. The van der Waals surface area contributed by atoms with Crippen LogP contribution in [0.15, 0.2) is 73.1 Å². The minimum absolute atomic E-state index is 0.486. The summed E-state index contributed by atoms with van der Waals surface area (Å²) in [6, 6.07) is 17.6. The second-order valence-corrected chi connectivity index (χ2v) is 5.40. The third kappa shape index (κ3) is 3.50. The van der Waals surface area contributed by atoms with Crippen molar-refractivity contribution in [1.82, 2.24) is 4.98 Å². The van der Waals surface area contributed by atoms with Gasteiger partial charge in [0.2, 0.25) is 5.91 Å². The van der Waals surface area contributed by atoms with E-state index in [1.807, 2.05) is 54.6 Å². The zero-order chi connectivity index (χ0) is 16.9. The van der Waals surface area contributed by atoms with Crippen LogP contribution in [0.3, 0.4) is 0 Å². The van der Waals surface area contributed by atoms with Gasteiger partial charge in [-0.2, -0.15) is 0 Å². The van der Waals surface area contributed by atoms with E-state index in [-0.39, 0.29) is 0 Å². The molecule has 0 fully saturated rings. The van der Waals surface area contributed by atoms with Crippen molar-refractivity contribution in [3.05, 3.63) is 78.6 Å². The van der Waals surface area contributed by atoms with Crippen molar-refractivity contribution >= 4 is 17.7 Å². The van der Waals surface area contributed by atoms with Crippen molar-refractivity contribution in [3.8, 4) is 22.3 Å². The Morgan fingerprint density at radius 2 is 1.79 bits per heavy atom. The van der Waals surface area contributed by atoms with E-state index in [2.05, 4.69) is 4.98 Å². The molecule has 1 heterocycles. The number of rotatable bonds is 4. The van der Waals surface area contributed by atoms with Crippen LogP contribution in [0, 0.1) is 0 Å². The molecule has 4 nitrogen and oxygen atoms in total. The summed E-state index contributed by atoms with van der Waals surface area (Å²) in [5.74, 6) is -0.486. The highest BCUT2D eigenvalue weighted by molar-refractivity contribution is 5.92. The number of pyridine rings is 1. The zero-order valence-corrected chi connectivity index (χ0v) is 13.0. The summed E-state index contributed by atoms with van der Waals surface area (Å²) in [7, 11) is 0. The average molecular weight is 315 g/mol. The summed E-state index contributed by atoms with van der Waals surface area (Å²) in [4.78, 5) is 15.3. The van der Waals surface area contributed by atoms with E-state index in [4.69, 9.17) is 11.5 Å². The van der Waals surface area contributed by atoms with Gasteiger partial charge in [-0.25, -0.2) is 0 Å². The van der Waals surface area contributed by atoms with E-state index in [1.165, 1.54) is 6.08 Å². The van der Waals surface area contributed by atoms with E-state index in [9.17, 15) is 4.79 Å². The monoisotopic (exact) mass is 315 g/mol. The molecule has 0 aliphatic carbocycles. The molecule has 1 aromatic heterocycles. The highest BCUT2D eigenvalue weighted by Gasteiger charge is 2.07. The lowest BCUT2D eigenvalue weighted by Crippen LogP contribution is -2.05. The number of anilines is 1. The number of aromatic nitrogens is 1. The van der Waals surface area contributed by atoms with Gasteiger partial charge in [-0.05, 0) is 52.6 Å². The van der Waals surface area contributed by atoms with Gasteiger partial charge in [-0.1, -0.05) is 30.3 Å². The second-order valence-electron chi connectivity index (χ2n) is 5.40. The first kappa shape index (κ1) is 15.5. The van der Waals surface area contributed by atoms with E-state index in [1.54, 1.807) is 18.5 Å². The van der Waals surface area contributed by atoms with Gasteiger partial charge in [0.15, 0.2) is 0 Å². The first-order valence-corrected chi connectivity index (χ1v) is 7.51. The third-order valence-electron chi connectivity index (χ3n) is 3.67. The van der Waals surface area contributed by atoms with Gasteiger partial charge < -0.3 is 11.5 Å². The Balaban J connectivity index is 2.13. The average Bonchev–Trinajstić information content (AvgIpc) is 2.60. The summed E-state index contributed by atoms with van der Waals surface area (Å²) in [5.41, 5.74) is 16.7. The summed E-state index contributed by atoms with van der Waals surface area (Å²) < 4.78 is 0. The Morgan fingerprint density at radius 1 is 0.958 bits per heavy atom. The van der Waals surface area contributed by atoms with Crippen molar-refractivity contribution in [2.24, 2.45) is 5.73 Å². The first-order chi connectivity index (χ1) is 11.6. The number of benzene rings is 2. The minimum atomic E-state index is -0.486. The van der Waals surface area contributed by atoms with Crippen LogP contribution < -0.4 is 11.5 Å². The maximum absolute atomic E-state index is 11.1. The highest BCUT2D eigenvalue weighted by Crippen LogP contribution is 2.30. The highest BCUT2D eigenvalue weighted by atomic mass is 16.1. The largest absolute Gasteiger partial charge is 0.399 e. The number of nitrogens with zero attached hydrogens (tertiary/aromatic N) is 1. The predicted molar refractivity (Wildman–Crippen MR) is 97.7 cm³/mol. The third-order valence-corrected chi connectivity index (χ3v) is 3.67. The van der Waals surface area contributed by atoms with Gasteiger partial charge in [-0.15, -0.1) is 0 Å². The molecule has 1 amide bonds. The Labute approximate surface area is 140 Å². The molecule has 0 atom stereocenters. The lowest BCUT2D eigenvalue weighted by Gasteiger charge is -2.10. The van der Waals surface area contributed by atoms with Crippen LogP contribution >= 0.6 is 0 Å². The Hall–Kier alpha value is -3.40. The fourth-order valence-electron chi connectivity index (χ4n) is 2.55. The fraction of sp³-hybridized carbons (Fsp3) is 0. The van der Waals surface area contributed by atoms with E-state index in [0.29, 0.717) is 5.69 Å². The van der Waals surface area contributed by atoms with E-state index in [0.717, 1.165) is 27.8 Å². The number of primary amides is 1. The topological polar surface area (TPSA) is 82.0 Å². The molecule has 2 aromatic carbocycles. The maximum Gasteiger partial charge on any atom is 0.241 e. The standard InChI is InChI=1S/C20H17N3O/c21-18-5-1-3-15(12-18)19-8-6-14(17-4-2-10-23-13-17)11-16(19)7-9-20(22)24/h1-13H,21H2,(H2,22,24). The zero-order valence-electron chi connectivity index (χ0n) is 13.0. The van der Waals surface area contributed by atoms with Gasteiger partial charge in [0, 0.05) is 29.7 Å². The molecule has 0 aliphatic rings. The number of nitrogens with two attached hydrogens (primary N) is 2. The molecule has 4 heteroatoms. The number of nitrogen functional groups attached to an aromatic ring is 1. The maximum atomic E-state index is 11.1. The van der Waals surface area contributed by atoms with E-state index >= 15 is 0 Å². The molecular weight excluding hydrogens is 298 g/mol. The summed E-state index contributed by atoms with van der Waals surface area (Å²) in [6.45, 7) is 0. The SMILES string of the molecule is NC(=O)C=Cc1cc(-c2cccnc2)ccc1-c1cccc(N)c1. The molecule has 0 unspecified atom stereocenters. The number of amides is 1. The molecule has 24 heavy (non-hydrogen) atoms. The van der Waals surface area contributed by atoms with Crippen LogP contribution in [0.5, 0.6) is 0 Å². The van der Waals surface area contributed by atoms with Crippen molar-refractivity contribution in [2.45, 2.75) is 0 Å². The van der Waals surface area contributed by atoms with Crippen LogP contribution in [0.2, 0.25) is 0 Å². The lowest BCUT2D eigenvalue weighted by molar-refractivity contribution is -0.113. The quantitative estimate of drug-likeness (QED) is 0.571. The van der Waals surface area contributed by atoms with Crippen LogP contribution in [0.4, 0.5) is 5.69 Å². The molecule has 0 saturated heterocycles. The van der Waals surface area contributed by atoms with Gasteiger partial charge >= 0.3 is 0 Å². The summed E-state index contributed by atoms with van der Waals surface area (Å²) in [5, 5.41) is 0. The molecule has 0 aliphatic heterocycles. The molecule has 3 rings (SSSR count). The molecule has 0 spiro atoms. The van der Waals surface area contributed by atoms with E-state index < -0.39 is 5.91 Å². The van der Waals surface area contributed by atoms with Crippen LogP contribution in [-0.2, 0) is 4.79 Å². The smallest absolute Gasteiger partial charge is 0.241 e. The van der Waals surface area contributed by atoms with Gasteiger partial charge in [-0.3, -0.25) is 9.78 Å². The Kier molecular flexibility index (Phi) is 4.38. The number of hydrogen-bond acceptors (Lipinski definition) is 3.